The van der Waals surface area contributed by atoms with Crippen molar-refractivity contribution >= 4 is 23.2 Å². The molecule has 2 heterocycles. The number of halogens is 1. The number of para-hydroxylation sites is 2. The van der Waals surface area contributed by atoms with E-state index in [2.05, 4.69) is 11.2 Å². The number of fused-ring (bicyclic) bond motifs is 1. The van der Waals surface area contributed by atoms with E-state index in [1.807, 2.05) is 55.5 Å². The molecule has 0 spiro atoms. The molecule has 0 unspecified atom stereocenters. The van der Waals surface area contributed by atoms with Gasteiger partial charge < -0.3 is 4.90 Å². The average molecular weight is 338 g/mol. The lowest BCUT2D eigenvalue weighted by atomic mass is 10.2. The Labute approximate surface area is 145 Å². The maximum absolute atomic E-state index is 13.1. The summed E-state index contributed by atoms with van der Waals surface area (Å²) >= 11 is 6.52. The van der Waals surface area contributed by atoms with Crippen molar-refractivity contribution < 1.29 is 4.79 Å². The van der Waals surface area contributed by atoms with Crippen LogP contribution in [0.1, 0.15) is 21.6 Å². The fraction of sp³-hybridized carbons (Fsp3) is 0.158. The zero-order valence-corrected chi connectivity index (χ0v) is 14.0. The Bertz CT molecular complexity index is 918. The lowest BCUT2D eigenvalue weighted by molar-refractivity contribution is 0.0989. The third kappa shape index (κ3) is 2.31. The number of hydrogen-bond acceptors (Lipinski definition) is 2. The Morgan fingerprint density at radius 3 is 2.58 bits per heavy atom. The summed E-state index contributed by atoms with van der Waals surface area (Å²) in [5.41, 5.74) is 4.10. The molecule has 24 heavy (non-hydrogen) atoms. The first-order valence-electron chi connectivity index (χ1n) is 7.87. The molecule has 4 rings (SSSR count). The number of rotatable bonds is 2. The standard InChI is InChI=1S/C19H16ClN3O/c1-13-17(18(20)23(21-13)15-8-3-2-4-9-15)19(24)22-12-11-14-7-5-6-10-16(14)22/h2-10H,11-12H2,1H3. The van der Waals surface area contributed by atoms with E-state index in [-0.39, 0.29) is 5.91 Å². The van der Waals surface area contributed by atoms with Crippen molar-refractivity contribution in [2.75, 3.05) is 11.4 Å². The molecule has 0 saturated carbocycles. The first-order valence-corrected chi connectivity index (χ1v) is 8.25. The van der Waals surface area contributed by atoms with Gasteiger partial charge >= 0.3 is 0 Å². The number of amides is 1. The normalized spacial score (nSPS) is 13.2. The fourth-order valence-electron chi connectivity index (χ4n) is 3.17. The Kier molecular flexibility index (Phi) is 3.62. The van der Waals surface area contributed by atoms with Gasteiger partial charge in [0.05, 0.1) is 11.4 Å². The molecular formula is C19H16ClN3O. The number of aromatic nitrogens is 2. The first-order chi connectivity index (χ1) is 11.7. The monoisotopic (exact) mass is 337 g/mol. The third-order valence-electron chi connectivity index (χ3n) is 4.35. The van der Waals surface area contributed by atoms with Crippen LogP contribution in [0, 0.1) is 6.92 Å². The quantitative estimate of drug-likeness (QED) is 0.708. The number of carbonyl (C=O) groups is 1. The van der Waals surface area contributed by atoms with Gasteiger partial charge in [0.15, 0.2) is 0 Å². The highest BCUT2D eigenvalue weighted by Gasteiger charge is 2.30. The van der Waals surface area contributed by atoms with Crippen LogP contribution in [0.5, 0.6) is 0 Å². The van der Waals surface area contributed by atoms with Crippen LogP contribution in [0.3, 0.4) is 0 Å². The number of aryl methyl sites for hydroxylation is 1. The molecule has 1 aliphatic rings. The van der Waals surface area contributed by atoms with Crippen molar-refractivity contribution in [3.05, 3.63) is 76.6 Å². The van der Waals surface area contributed by atoms with Gasteiger partial charge in [0.25, 0.3) is 5.91 Å². The van der Waals surface area contributed by atoms with Crippen LogP contribution in [0.15, 0.2) is 54.6 Å². The minimum absolute atomic E-state index is 0.0929. The van der Waals surface area contributed by atoms with E-state index in [0.717, 1.165) is 17.8 Å². The predicted octanol–water partition coefficient (Wildman–Crippen LogP) is 4.04. The Morgan fingerprint density at radius 1 is 1.08 bits per heavy atom. The molecule has 120 valence electrons. The SMILES string of the molecule is Cc1nn(-c2ccccc2)c(Cl)c1C(=O)N1CCc2ccccc21. The second-order valence-corrected chi connectivity index (χ2v) is 6.19. The van der Waals surface area contributed by atoms with E-state index in [4.69, 9.17) is 11.6 Å². The van der Waals surface area contributed by atoms with Crippen molar-refractivity contribution in [2.24, 2.45) is 0 Å². The van der Waals surface area contributed by atoms with Crippen molar-refractivity contribution in [3.63, 3.8) is 0 Å². The highest BCUT2D eigenvalue weighted by atomic mass is 35.5. The summed E-state index contributed by atoms with van der Waals surface area (Å²) in [6.45, 7) is 2.49. The molecule has 5 heteroatoms. The minimum Gasteiger partial charge on any atom is -0.308 e. The van der Waals surface area contributed by atoms with Crippen LogP contribution < -0.4 is 4.90 Å². The molecular weight excluding hydrogens is 322 g/mol. The van der Waals surface area contributed by atoms with Crippen LogP contribution in [0.2, 0.25) is 5.15 Å². The van der Waals surface area contributed by atoms with Gasteiger partial charge in [-0.25, -0.2) is 4.68 Å². The van der Waals surface area contributed by atoms with Crippen molar-refractivity contribution in [3.8, 4) is 5.69 Å². The zero-order chi connectivity index (χ0) is 16.7. The second kappa shape index (κ2) is 5.80. The van der Waals surface area contributed by atoms with Crippen molar-refractivity contribution in [1.82, 2.24) is 9.78 Å². The van der Waals surface area contributed by atoms with E-state index in [1.165, 1.54) is 5.56 Å². The largest absolute Gasteiger partial charge is 0.308 e. The van der Waals surface area contributed by atoms with Crippen LogP contribution in [-0.4, -0.2) is 22.2 Å². The molecule has 3 aromatic rings. The molecule has 2 aromatic carbocycles. The van der Waals surface area contributed by atoms with Gasteiger partial charge in [-0.3, -0.25) is 4.79 Å². The number of hydrogen-bond donors (Lipinski definition) is 0. The fourth-order valence-corrected chi connectivity index (χ4v) is 3.52. The van der Waals surface area contributed by atoms with Crippen LogP contribution in [-0.2, 0) is 6.42 Å². The molecule has 0 atom stereocenters. The summed E-state index contributed by atoms with van der Waals surface area (Å²) in [5, 5.41) is 4.82. The Morgan fingerprint density at radius 2 is 1.79 bits per heavy atom. The van der Waals surface area contributed by atoms with E-state index < -0.39 is 0 Å². The molecule has 1 aromatic heterocycles. The van der Waals surface area contributed by atoms with Crippen LogP contribution in [0.25, 0.3) is 5.69 Å². The summed E-state index contributed by atoms with van der Waals surface area (Å²) in [6.07, 6.45) is 0.866. The van der Waals surface area contributed by atoms with Gasteiger partial charge in [-0.15, -0.1) is 0 Å². The van der Waals surface area contributed by atoms with E-state index in [1.54, 1.807) is 9.58 Å². The lowest BCUT2D eigenvalue weighted by Crippen LogP contribution is -2.29. The molecule has 0 bridgehead atoms. The molecule has 0 saturated heterocycles. The highest BCUT2D eigenvalue weighted by Crippen LogP contribution is 2.32. The average Bonchev–Trinajstić information content (AvgIpc) is 3.16. The van der Waals surface area contributed by atoms with Crippen molar-refractivity contribution in [1.29, 1.82) is 0 Å². The maximum atomic E-state index is 13.1. The second-order valence-electron chi connectivity index (χ2n) is 5.83. The van der Waals surface area contributed by atoms with Gasteiger partial charge in [0.1, 0.15) is 10.7 Å². The predicted molar refractivity (Wildman–Crippen MR) is 95.1 cm³/mol. The van der Waals surface area contributed by atoms with Crippen molar-refractivity contribution in [2.45, 2.75) is 13.3 Å². The summed E-state index contributed by atoms with van der Waals surface area (Å²) in [5.74, 6) is -0.0929. The molecule has 1 aliphatic heterocycles. The summed E-state index contributed by atoms with van der Waals surface area (Å²) in [4.78, 5) is 14.9. The van der Waals surface area contributed by atoms with E-state index >= 15 is 0 Å². The molecule has 0 fully saturated rings. The Balaban J connectivity index is 1.76. The minimum atomic E-state index is -0.0929. The number of benzene rings is 2. The van der Waals surface area contributed by atoms with Gasteiger partial charge in [0.2, 0.25) is 0 Å². The summed E-state index contributed by atoms with van der Waals surface area (Å²) in [7, 11) is 0. The van der Waals surface area contributed by atoms with Crippen LogP contribution in [0.4, 0.5) is 5.69 Å². The summed E-state index contributed by atoms with van der Waals surface area (Å²) in [6, 6.07) is 17.6. The molecule has 0 aliphatic carbocycles. The first kappa shape index (κ1) is 15.0. The van der Waals surface area contributed by atoms with Gasteiger partial charge in [-0.1, -0.05) is 48.0 Å². The molecule has 4 nitrogen and oxygen atoms in total. The number of nitrogens with zero attached hydrogens (tertiary/aromatic N) is 3. The highest BCUT2D eigenvalue weighted by molar-refractivity contribution is 6.34. The number of anilines is 1. The van der Waals surface area contributed by atoms with Gasteiger partial charge in [0, 0.05) is 12.2 Å². The topological polar surface area (TPSA) is 38.1 Å². The van der Waals surface area contributed by atoms with Crippen LogP contribution >= 0.6 is 11.6 Å². The lowest BCUT2D eigenvalue weighted by Gasteiger charge is -2.17. The molecule has 0 radical (unpaired) electrons. The van der Waals surface area contributed by atoms with E-state index in [9.17, 15) is 4.79 Å². The van der Waals surface area contributed by atoms with Gasteiger partial charge in [-0.2, -0.15) is 5.10 Å². The van der Waals surface area contributed by atoms with E-state index in [0.29, 0.717) is 23.0 Å². The molecule has 0 N–H and O–H groups in total. The smallest absolute Gasteiger partial charge is 0.263 e. The maximum Gasteiger partial charge on any atom is 0.263 e. The summed E-state index contributed by atoms with van der Waals surface area (Å²) < 4.78 is 1.62. The number of carbonyl (C=O) groups excluding carboxylic acids is 1. The molecule has 1 amide bonds. The Hall–Kier alpha value is -2.59. The van der Waals surface area contributed by atoms with Gasteiger partial charge in [-0.05, 0) is 37.1 Å². The zero-order valence-electron chi connectivity index (χ0n) is 13.2. The third-order valence-corrected chi connectivity index (χ3v) is 4.70.